The molecule has 0 saturated heterocycles. The van der Waals surface area contributed by atoms with Gasteiger partial charge in [0.1, 0.15) is 18.1 Å². The molecule has 0 radical (unpaired) electrons. The van der Waals surface area contributed by atoms with Crippen molar-refractivity contribution < 1.29 is 33.8 Å². The number of carboxylic acid groups (broad SMARTS) is 1. The predicted molar refractivity (Wildman–Crippen MR) is 173 cm³/mol. The van der Waals surface area contributed by atoms with Crippen LogP contribution in [0.1, 0.15) is 15.9 Å². The quantitative estimate of drug-likeness (QED) is 0.136. The van der Waals surface area contributed by atoms with Crippen molar-refractivity contribution in [3.63, 3.8) is 0 Å². The number of halogens is 1. The van der Waals surface area contributed by atoms with Crippen molar-refractivity contribution in [3.8, 4) is 11.4 Å². The minimum atomic E-state index is -1.28. The van der Waals surface area contributed by atoms with E-state index in [1.165, 1.54) is 47.4 Å². The summed E-state index contributed by atoms with van der Waals surface area (Å²) >= 11 is 6.11. The van der Waals surface area contributed by atoms with Gasteiger partial charge in [-0.2, -0.15) is 4.68 Å². The number of carbonyl (C=O) groups is 5. The third-order valence-corrected chi connectivity index (χ3v) is 6.86. The molecule has 5 aromatic rings. The molecule has 4 aromatic carbocycles. The molecule has 48 heavy (non-hydrogen) atoms. The summed E-state index contributed by atoms with van der Waals surface area (Å²) in [5.41, 5.74) is 1.69. The Morgan fingerprint density at radius 2 is 1.50 bits per heavy atom. The Kier molecular flexibility index (Phi) is 10.3. The summed E-state index contributed by atoms with van der Waals surface area (Å²) in [5, 5.41) is 30.5. The van der Waals surface area contributed by atoms with Crippen molar-refractivity contribution in [2.45, 2.75) is 12.5 Å². The maximum absolute atomic E-state index is 13.4. The van der Waals surface area contributed by atoms with Gasteiger partial charge in [-0.25, -0.2) is 9.59 Å². The van der Waals surface area contributed by atoms with Crippen LogP contribution in [0.25, 0.3) is 5.69 Å². The fourth-order valence-corrected chi connectivity index (χ4v) is 4.49. The number of aromatic carboxylic acids is 1. The molecule has 0 aliphatic carbocycles. The fraction of sp³-hybridized carbons (Fsp3) is 0.0625. The van der Waals surface area contributed by atoms with Crippen molar-refractivity contribution in [2.24, 2.45) is 0 Å². The number of rotatable bonds is 10. The van der Waals surface area contributed by atoms with Gasteiger partial charge in [-0.15, -0.1) is 5.10 Å². The topological polar surface area (TPSA) is 207 Å². The van der Waals surface area contributed by atoms with Gasteiger partial charge < -0.3 is 25.8 Å². The van der Waals surface area contributed by atoms with Gasteiger partial charge in [-0.3, -0.25) is 19.7 Å². The second kappa shape index (κ2) is 15.1. The van der Waals surface area contributed by atoms with E-state index in [1.807, 2.05) is 0 Å². The third-order valence-electron chi connectivity index (χ3n) is 6.62. The summed E-state index contributed by atoms with van der Waals surface area (Å²) < 4.78 is 6.49. The zero-order chi connectivity index (χ0) is 34.0. The van der Waals surface area contributed by atoms with Gasteiger partial charge in [0, 0.05) is 22.8 Å². The Morgan fingerprint density at radius 3 is 2.17 bits per heavy atom. The molecule has 0 fully saturated rings. The lowest BCUT2D eigenvalue weighted by atomic mass is 10.0. The van der Waals surface area contributed by atoms with Crippen LogP contribution in [0.15, 0.2) is 103 Å². The van der Waals surface area contributed by atoms with Crippen LogP contribution in [0, 0.1) is 0 Å². The summed E-state index contributed by atoms with van der Waals surface area (Å²) in [4.78, 5) is 63.0. The Morgan fingerprint density at radius 1 is 0.812 bits per heavy atom. The monoisotopic (exact) mass is 668 g/mol. The maximum atomic E-state index is 13.4. The first-order valence-electron chi connectivity index (χ1n) is 14.1. The SMILES string of the molecule is O=C(Nc1ccc(C[C@H](NC(=O)C(=O)Nc2cc(Cl)ccc2-n2cnnn2)C(=O)Nc2ccc(C(=O)O)cc2)cc1)Oc1ccccc1. The summed E-state index contributed by atoms with van der Waals surface area (Å²) in [6.45, 7) is 0. The highest BCUT2D eigenvalue weighted by Gasteiger charge is 2.26. The predicted octanol–water partition coefficient (Wildman–Crippen LogP) is 3.93. The van der Waals surface area contributed by atoms with E-state index in [-0.39, 0.29) is 28.4 Å². The lowest BCUT2D eigenvalue weighted by Gasteiger charge is -2.19. The Labute approximate surface area is 276 Å². The average molecular weight is 669 g/mol. The zero-order valence-corrected chi connectivity index (χ0v) is 25.4. The van der Waals surface area contributed by atoms with Crippen molar-refractivity contribution in [1.29, 1.82) is 0 Å². The van der Waals surface area contributed by atoms with Crippen LogP contribution in [0.2, 0.25) is 5.02 Å². The van der Waals surface area contributed by atoms with Gasteiger partial charge in [0.2, 0.25) is 5.91 Å². The standard InChI is InChI=1S/C32H25ClN8O7/c33-21-10-15-27(41-18-34-39-40-41)25(17-21)37-29(43)30(44)38-26(28(42)35-22-13-8-20(9-14-22)31(45)46)16-19-6-11-23(12-7-19)36-32(47)48-24-4-2-1-3-5-24/h1-15,17-18,26H,16H2,(H,35,42)(H,36,47)(H,37,43)(H,38,44)(H,45,46)/t26-/m0/s1. The van der Waals surface area contributed by atoms with Crippen molar-refractivity contribution in [1.82, 2.24) is 25.5 Å². The Hall–Kier alpha value is -6.61. The van der Waals surface area contributed by atoms with Crippen LogP contribution in [-0.2, 0) is 20.8 Å². The van der Waals surface area contributed by atoms with Crippen LogP contribution in [0.5, 0.6) is 5.75 Å². The average Bonchev–Trinajstić information content (AvgIpc) is 3.61. The Balaban J connectivity index is 1.30. The molecule has 1 heterocycles. The first-order chi connectivity index (χ1) is 23.1. The number of carbonyl (C=O) groups excluding carboxylic acids is 4. The number of hydrogen-bond acceptors (Lipinski definition) is 9. The van der Waals surface area contributed by atoms with Crippen LogP contribution < -0.4 is 26.0 Å². The number of amides is 4. The maximum Gasteiger partial charge on any atom is 0.417 e. The van der Waals surface area contributed by atoms with Crippen LogP contribution in [0.3, 0.4) is 0 Å². The van der Waals surface area contributed by atoms with Crippen molar-refractivity contribution in [2.75, 3.05) is 16.0 Å². The summed E-state index contributed by atoms with van der Waals surface area (Å²) in [6, 6.07) is 23.5. The molecule has 1 atom stereocenters. The van der Waals surface area contributed by atoms with Gasteiger partial charge in [0.25, 0.3) is 0 Å². The molecule has 5 N–H and O–H groups in total. The summed E-state index contributed by atoms with van der Waals surface area (Å²) in [5.74, 6) is -3.71. The molecule has 4 amide bonds. The largest absolute Gasteiger partial charge is 0.478 e. The number of nitrogens with zero attached hydrogens (tertiary/aromatic N) is 4. The fourth-order valence-electron chi connectivity index (χ4n) is 4.32. The molecule has 5 rings (SSSR count). The highest BCUT2D eigenvalue weighted by atomic mass is 35.5. The minimum Gasteiger partial charge on any atom is -0.478 e. The minimum absolute atomic E-state index is 0.0120. The molecule has 242 valence electrons. The van der Waals surface area contributed by atoms with E-state index >= 15 is 0 Å². The number of aromatic nitrogens is 4. The Bertz CT molecular complexity index is 1940. The normalized spacial score (nSPS) is 11.1. The van der Waals surface area contributed by atoms with Gasteiger partial charge in [-0.1, -0.05) is 41.9 Å². The van der Waals surface area contributed by atoms with E-state index in [0.29, 0.717) is 22.7 Å². The van der Waals surface area contributed by atoms with E-state index in [1.54, 1.807) is 60.7 Å². The molecule has 0 bridgehead atoms. The van der Waals surface area contributed by atoms with Gasteiger partial charge in [-0.05, 0) is 82.7 Å². The zero-order valence-electron chi connectivity index (χ0n) is 24.7. The van der Waals surface area contributed by atoms with E-state index in [9.17, 15) is 24.0 Å². The third kappa shape index (κ3) is 8.76. The van der Waals surface area contributed by atoms with E-state index in [0.717, 1.165) is 0 Å². The molecule has 0 saturated carbocycles. The molecule has 0 unspecified atom stereocenters. The summed E-state index contributed by atoms with van der Waals surface area (Å²) in [7, 11) is 0. The highest BCUT2D eigenvalue weighted by Crippen LogP contribution is 2.24. The van der Waals surface area contributed by atoms with E-state index in [4.69, 9.17) is 21.4 Å². The second-order valence-electron chi connectivity index (χ2n) is 10.00. The second-order valence-corrected chi connectivity index (χ2v) is 10.4. The molecule has 0 spiro atoms. The van der Waals surface area contributed by atoms with Crippen molar-refractivity contribution >= 4 is 58.4 Å². The van der Waals surface area contributed by atoms with Crippen LogP contribution >= 0.6 is 11.6 Å². The van der Waals surface area contributed by atoms with E-state index < -0.39 is 35.8 Å². The first-order valence-corrected chi connectivity index (χ1v) is 14.4. The molecule has 1 aromatic heterocycles. The number of hydrogen-bond donors (Lipinski definition) is 5. The van der Waals surface area contributed by atoms with Crippen LogP contribution in [0.4, 0.5) is 21.9 Å². The number of anilines is 3. The lowest BCUT2D eigenvalue weighted by Crippen LogP contribution is -2.49. The van der Waals surface area contributed by atoms with Crippen LogP contribution in [-0.4, -0.2) is 61.1 Å². The molecule has 0 aliphatic rings. The van der Waals surface area contributed by atoms with Crippen molar-refractivity contribution in [3.05, 3.63) is 120 Å². The number of benzene rings is 4. The molecule has 16 heteroatoms. The molecule has 0 aliphatic heterocycles. The lowest BCUT2D eigenvalue weighted by molar-refractivity contribution is -0.137. The number of carboxylic acids is 1. The molecular formula is C32H25ClN8O7. The number of tetrazole rings is 1. The van der Waals surface area contributed by atoms with Gasteiger partial charge in [0.15, 0.2) is 0 Å². The van der Waals surface area contributed by atoms with E-state index in [2.05, 4.69) is 36.8 Å². The smallest absolute Gasteiger partial charge is 0.417 e. The highest BCUT2D eigenvalue weighted by molar-refractivity contribution is 6.40. The van der Waals surface area contributed by atoms with Gasteiger partial charge in [0.05, 0.1) is 16.9 Å². The number of nitrogens with one attached hydrogen (secondary N) is 4. The molecule has 15 nitrogen and oxygen atoms in total. The summed E-state index contributed by atoms with van der Waals surface area (Å²) in [6.07, 6.45) is 0.510. The first kappa shape index (κ1) is 32.8. The molecular weight excluding hydrogens is 644 g/mol. The van der Waals surface area contributed by atoms with Gasteiger partial charge >= 0.3 is 23.9 Å². The number of ether oxygens (including phenoxy) is 1. The number of para-hydroxylation sites is 1.